The molecular formula is C14H20BrClFN. The van der Waals surface area contributed by atoms with Crippen LogP contribution < -0.4 is 5.32 Å². The zero-order valence-corrected chi connectivity index (χ0v) is 13.6. The van der Waals surface area contributed by atoms with Crippen molar-refractivity contribution in [2.45, 2.75) is 39.7 Å². The van der Waals surface area contributed by atoms with Crippen molar-refractivity contribution in [3.05, 3.63) is 33.0 Å². The first-order valence-corrected chi connectivity index (χ1v) is 7.24. The van der Waals surface area contributed by atoms with E-state index in [-0.39, 0.29) is 22.3 Å². The smallest absolute Gasteiger partial charge is 0.147 e. The van der Waals surface area contributed by atoms with Crippen molar-refractivity contribution in [2.75, 3.05) is 7.05 Å². The van der Waals surface area contributed by atoms with E-state index in [2.05, 4.69) is 42.0 Å². The Morgan fingerprint density at radius 1 is 1.39 bits per heavy atom. The highest BCUT2D eigenvalue weighted by Gasteiger charge is 2.20. The lowest BCUT2D eigenvalue weighted by Gasteiger charge is -2.24. The number of rotatable bonds is 4. The first-order valence-electron chi connectivity index (χ1n) is 6.07. The van der Waals surface area contributed by atoms with Crippen LogP contribution in [0.3, 0.4) is 0 Å². The van der Waals surface area contributed by atoms with Gasteiger partial charge in [-0.15, -0.1) is 0 Å². The van der Waals surface area contributed by atoms with Crippen LogP contribution in [0, 0.1) is 11.2 Å². The van der Waals surface area contributed by atoms with Crippen molar-refractivity contribution in [3.63, 3.8) is 0 Å². The van der Waals surface area contributed by atoms with Crippen LogP contribution in [0.15, 0.2) is 16.6 Å². The van der Waals surface area contributed by atoms with E-state index >= 15 is 0 Å². The van der Waals surface area contributed by atoms with Gasteiger partial charge in [0.25, 0.3) is 0 Å². The fourth-order valence-electron chi connectivity index (χ4n) is 1.84. The Hall–Kier alpha value is -0.120. The van der Waals surface area contributed by atoms with Gasteiger partial charge in [-0.2, -0.15) is 0 Å². The van der Waals surface area contributed by atoms with Crippen molar-refractivity contribution in [1.29, 1.82) is 0 Å². The summed E-state index contributed by atoms with van der Waals surface area (Å²) in [5.41, 5.74) is 0.875. The van der Waals surface area contributed by atoms with E-state index in [0.29, 0.717) is 10.0 Å². The van der Waals surface area contributed by atoms with Crippen molar-refractivity contribution in [2.24, 2.45) is 5.41 Å². The molecule has 1 atom stereocenters. The molecule has 102 valence electrons. The van der Waals surface area contributed by atoms with Crippen LogP contribution in [0.4, 0.5) is 4.39 Å². The molecule has 0 aliphatic heterocycles. The second-order valence-electron chi connectivity index (χ2n) is 5.71. The van der Waals surface area contributed by atoms with Gasteiger partial charge >= 0.3 is 0 Å². The predicted molar refractivity (Wildman–Crippen MR) is 79.6 cm³/mol. The van der Waals surface area contributed by atoms with E-state index in [1.54, 1.807) is 12.1 Å². The van der Waals surface area contributed by atoms with Crippen molar-refractivity contribution < 1.29 is 4.39 Å². The number of benzene rings is 1. The highest BCUT2D eigenvalue weighted by molar-refractivity contribution is 9.10. The maximum Gasteiger partial charge on any atom is 0.147 e. The molecule has 1 unspecified atom stereocenters. The predicted octanol–water partition coefficient (Wildman–Crippen LogP) is 5.33. The summed E-state index contributed by atoms with van der Waals surface area (Å²) in [5, 5.41) is 3.32. The first-order chi connectivity index (χ1) is 8.26. The molecule has 4 heteroatoms. The lowest BCUT2D eigenvalue weighted by atomic mass is 9.87. The Morgan fingerprint density at radius 2 is 2.00 bits per heavy atom. The van der Waals surface area contributed by atoms with Crippen LogP contribution in [-0.4, -0.2) is 7.05 Å². The van der Waals surface area contributed by atoms with E-state index in [0.717, 1.165) is 12.8 Å². The summed E-state index contributed by atoms with van der Waals surface area (Å²) in [6, 6.07) is 3.58. The molecule has 0 heterocycles. The maximum absolute atomic E-state index is 14.1. The monoisotopic (exact) mass is 335 g/mol. The van der Waals surface area contributed by atoms with Gasteiger partial charge in [-0.1, -0.05) is 38.4 Å². The van der Waals surface area contributed by atoms with Crippen LogP contribution in [0.2, 0.25) is 5.02 Å². The molecule has 18 heavy (non-hydrogen) atoms. The molecule has 1 rings (SSSR count). The first kappa shape index (κ1) is 15.9. The minimum absolute atomic E-state index is 0.00479. The van der Waals surface area contributed by atoms with Gasteiger partial charge in [0.15, 0.2) is 0 Å². The number of hydrogen-bond donors (Lipinski definition) is 1. The van der Waals surface area contributed by atoms with Gasteiger partial charge in [-0.25, -0.2) is 4.39 Å². The van der Waals surface area contributed by atoms with E-state index in [4.69, 9.17) is 11.6 Å². The fourth-order valence-corrected chi connectivity index (χ4v) is 2.32. The SMILES string of the molecule is CNC(CCC(C)(C)C)c1ccc(Br)c(Cl)c1F. The molecule has 0 radical (unpaired) electrons. The Labute approximate surface area is 122 Å². The summed E-state index contributed by atoms with van der Waals surface area (Å²) < 4.78 is 14.7. The highest BCUT2D eigenvalue weighted by Crippen LogP contribution is 2.33. The lowest BCUT2D eigenvalue weighted by molar-refractivity contribution is 0.335. The number of hydrogen-bond acceptors (Lipinski definition) is 1. The molecule has 0 amide bonds. The van der Waals surface area contributed by atoms with E-state index in [1.165, 1.54) is 0 Å². The average molecular weight is 337 g/mol. The van der Waals surface area contributed by atoms with Gasteiger partial charge in [0, 0.05) is 16.1 Å². The molecule has 0 fully saturated rings. The molecule has 0 aromatic heterocycles. The van der Waals surface area contributed by atoms with Gasteiger partial charge in [0.05, 0.1) is 5.02 Å². The third-order valence-corrected chi connectivity index (χ3v) is 4.23. The van der Waals surface area contributed by atoms with Gasteiger partial charge in [-0.3, -0.25) is 0 Å². The molecule has 0 saturated heterocycles. The molecule has 1 aromatic carbocycles. The molecule has 1 aromatic rings. The third kappa shape index (κ3) is 4.22. The summed E-state index contributed by atoms with van der Waals surface area (Å²) in [7, 11) is 1.85. The van der Waals surface area contributed by atoms with Gasteiger partial charge in [-0.05, 0) is 47.3 Å². The number of halogens is 3. The van der Waals surface area contributed by atoms with Crippen molar-refractivity contribution in [3.8, 4) is 0 Å². The molecular weight excluding hydrogens is 317 g/mol. The topological polar surface area (TPSA) is 12.0 Å². The zero-order chi connectivity index (χ0) is 13.9. The molecule has 0 saturated carbocycles. The van der Waals surface area contributed by atoms with Crippen LogP contribution in [0.1, 0.15) is 45.2 Å². The maximum atomic E-state index is 14.1. The quantitative estimate of drug-likeness (QED) is 0.733. The zero-order valence-electron chi connectivity index (χ0n) is 11.3. The van der Waals surface area contributed by atoms with Gasteiger partial charge in [0.1, 0.15) is 5.82 Å². The second kappa shape index (κ2) is 6.36. The van der Waals surface area contributed by atoms with Gasteiger partial charge < -0.3 is 5.32 Å². The lowest BCUT2D eigenvalue weighted by Crippen LogP contribution is -2.20. The standard InChI is InChI=1S/C14H20BrClFN/c1-14(2,3)8-7-11(18-4)9-5-6-10(15)12(16)13(9)17/h5-6,11,18H,7-8H2,1-4H3. The third-order valence-electron chi connectivity index (χ3n) is 2.97. The molecule has 0 aliphatic rings. The molecule has 1 N–H and O–H groups in total. The Balaban J connectivity index is 2.92. The summed E-state index contributed by atoms with van der Waals surface area (Å²) in [5.74, 6) is -0.334. The summed E-state index contributed by atoms with van der Waals surface area (Å²) in [6.45, 7) is 6.56. The number of nitrogens with one attached hydrogen (secondary N) is 1. The van der Waals surface area contributed by atoms with Crippen LogP contribution in [0.5, 0.6) is 0 Å². The van der Waals surface area contributed by atoms with E-state index in [1.807, 2.05) is 7.05 Å². The molecule has 0 aliphatic carbocycles. The van der Waals surface area contributed by atoms with Crippen molar-refractivity contribution in [1.82, 2.24) is 5.32 Å². The summed E-state index contributed by atoms with van der Waals surface area (Å²) in [6.07, 6.45) is 1.90. The fraction of sp³-hybridized carbons (Fsp3) is 0.571. The van der Waals surface area contributed by atoms with Crippen LogP contribution in [-0.2, 0) is 0 Å². The summed E-state index contributed by atoms with van der Waals surface area (Å²) >= 11 is 9.15. The highest BCUT2D eigenvalue weighted by atomic mass is 79.9. The van der Waals surface area contributed by atoms with Crippen LogP contribution >= 0.6 is 27.5 Å². The largest absolute Gasteiger partial charge is 0.313 e. The Morgan fingerprint density at radius 3 is 2.50 bits per heavy atom. The molecule has 0 spiro atoms. The minimum Gasteiger partial charge on any atom is -0.313 e. The van der Waals surface area contributed by atoms with E-state index in [9.17, 15) is 4.39 Å². The van der Waals surface area contributed by atoms with E-state index < -0.39 is 0 Å². The normalized spacial score (nSPS) is 13.7. The Kier molecular flexibility index (Phi) is 5.63. The summed E-state index contributed by atoms with van der Waals surface area (Å²) in [4.78, 5) is 0. The van der Waals surface area contributed by atoms with Crippen LogP contribution in [0.25, 0.3) is 0 Å². The average Bonchev–Trinajstić information content (AvgIpc) is 2.28. The molecule has 0 bridgehead atoms. The second-order valence-corrected chi connectivity index (χ2v) is 6.94. The Bertz CT molecular complexity index is 415. The molecule has 1 nitrogen and oxygen atoms in total. The van der Waals surface area contributed by atoms with Gasteiger partial charge in [0.2, 0.25) is 0 Å². The minimum atomic E-state index is -0.334. The van der Waals surface area contributed by atoms with Crippen molar-refractivity contribution >= 4 is 27.5 Å².